The van der Waals surface area contributed by atoms with Gasteiger partial charge in [0.25, 0.3) is 0 Å². The van der Waals surface area contributed by atoms with Gasteiger partial charge in [-0.1, -0.05) is 18.2 Å². The van der Waals surface area contributed by atoms with E-state index in [2.05, 4.69) is 12.1 Å². The lowest BCUT2D eigenvalue weighted by atomic mass is 9.99. The fourth-order valence-electron chi connectivity index (χ4n) is 1.52. The molecular formula is C13H17ClOS. The number of alkyl halides is 1. The summed E-state index contributed by atoms with van der Waals surface area (Å²) in [6, 6.07) is 10.3. The zero-order valence-corrected chi connectivity index (χ0v) is 11.1. The van der Waals surface area contributed by atoms with E-state index in [0.717, 1.165) is 18.6 Å². The van der Waals surface area contributed by atoms with Crippen molar-refractivity contribution in [3.8, 4) is 0 Å². The smallest absolute Gasteiger partial charge is 0.132 e. The zero-order chi connectivity index (χ0) is 11.8. The van der Waals surface area contributed by atoms with Gasteiger partial charge in [-0.05, 0) is 37.7 Å². The molecule has 0 bridgehead atoms. The molecule has 1 aromatic carbocycles. The van der Waals surface area contributed by atoms with Crippen LogP contribution >= 0.6 is 23.4 Å². The summed E-state index contributed by atoms with van der Waals surface area (Å²) < 4.78 is 0. The van der Waals surface area contributed by atoms with E-state index in [1.807, 2.05) is 18.2 Å². The number of thioether (sulfide) groups is 1. The molecule has 88 valence electrons. The first-order chi connectivity index (χ1) is 7.74. The molecule has 3 heteroatoms. The Morgan fingerprint density at radius 1 is 1.31 bits per heavy atom. The topological polar surface area (TPSA) is 17.1 Å². The molecule has 1 atom stereocenters. The number of halogens is 1. The van der Waals surface area contributed by atoms with Gasteiger partial charge < -0.3 is 0 Å². The Bertz CT molecular complexity index is 313. The summed E-state index contributed by atoms with van der Waals surface area (Å²) in [5, 5.41) is 0. The largest absolute Gasteiger partial charge is 0.300 e. The number of hydrogen-bond acceptors (Lipinski definition) is 2. The Kier molecular flexibility index (Phi) is 6.58. The third-order valence-corrected chi connectivity index (χ3v) is 3.77. The van der Waals surface area contributed by atoms with Crippen molar-refractivity contribution < 1.29 is 4.79 Å². The van der Waals surface area contributed by atoms with E-state index in [0.29, 0.717) is 5.88 Å². The second-order valence-electron chi connectivity index (χ2n) is 3.74. The standard InChI is InChI=1S/C13H17ClOS/c1-11(15)12(7-9-14)8-10-16-13-5-3-2-4-6-13/h2-6,12H,7-10H2,1H3. The molecule has 0 fully saturated rings. The van der Waals surface area contributed by atoms with E-state index in [4.69, 9.17) is 11.6 Å². The van der Waals surface area contributed by atoms with Crippen molar-refractivity contribution >= 4 is 29.1 Å². The van der Waals surface area contributed by atoms with Gasteiger partial charge in [-0.25, -0.2) is 0 Å². The van der Waals surface area contributed by atoms with Crippen LogP contribution in [0.3, 0.4) is 0 Å². The fraction of sp³-hybridized carbons (Fsp3) is 0.462. The molecule has 1 aromatic rings. The molecule has 16 heavy (non-hydrogen) atoms. The van der Waals surface area contributed by atoms with Crippen LogP contribution in [0.4, 0.5) is 0 Å². The maximum atomic E-state index is 11.3. The zero-order valence-electron chi connectivity index (χ0n) is 9.49. The molecule has 1 unspecified atom stereocenters. The summed E-state index contributed by atoms with van der Waals surface area (Å²) in [7, 11) is 0. The van der Waals surface area contributed by atoms with E-state index in [9.17, 15) is 4.79 Å². The molecule has 0 aliphatic heterocycles. The van der Waals surface area contributed by atoms with Crippen LogP contribution < -0.4 is 0 Å². The summed E-state index contributed by atoms with van der Waals surface area (Å²) >= 11 is 7.47. The summed E-state index contributed by atoms with van der Waals surface area (Å²) in [5.74, 6) is 1.94. The molecule has 0 saturated carbocycles. The first-order valence-electron chi connectivity index (χ1n) is 5.48. The van der Waals surface area contributed by atoms with Gasteiger partial charge in [0.1, 0.15) is 5.78 Å². The Labute approximate surface area is 107 Å². The third-order valence-electron chi connectivity index (χ3n) is 2.51. The molecule has 0 heterocycles. The van der Waals surface area contributed by atoms with Crippen LogP contribution in [0.15, 0.2) is 35.2 Å². The van der Waals surface area contributed by atoms with Crippen LogP contribution in [-0.2, 0) is 4.79 Å². The van der Waals surface area contributed by atoms with Crippen LogP contribution in [0, 0.1) is 5.92 Å². The predicted molar refractivity (Wildman–Crippen MR) is 71.3 cm³/mol. The Morgan fingerprint density at radius 3 is 2.56 bits per heavy atom. The van der Waals surface area contributed by atoms with Gasteiger partial charge >= 0.3 is 0 Å². The quantitative estimate of drug-likeness (QED) is 0.542. The van der Waals surface area contributed by atoms with Crippen molar-refractivity contribution in [2.75, 3.05) is 11.6 Å². The normalized spacial score (nSPS) is 12.4. The second-order valence-corrected chi connectivity index (χ2v) is 5.28. The molecule has 1 rings (SSSR count). The minimum atomic E-state index is 0.133. The van der Waals surface area contributed by atoms with Gasteiger partial charge in [-0.15, -0.1) is 23.4 Å². The number of carbonyl (C=O) groups excluding carboxylic acids is 1. The van der Waals surface area contributed by atoms with Gasteiger partial charge in [0.05, 0.1) is 0 Å². The van der Waals surface area contributed by atoms with Crippen LogP contribution in [0.25, 0.3) is 0 Å². The molecule has 0 aromatic heterocycles. The maximum absolute atomic E-state index is 11.3. The highest BCUT2D eigenvalue weighted by Gasteiger charge is 2.12. The SMILES string of the molecule is CC(=O)C(CCCl)CCSc1ccccc1. The fourth-order valence-corrected chi connectivity index (χ4v) is 2.77. The van der Waals surface area contributed by atoms with E-state index in [-0.39, 0.29) is 11.7 Å². The maximum Gasteiger partial charge on any atom is 0.132 e. The first-order valence-corrected chi connectivity index (χ1v) is 7.00. The van der Waals surface area contributed by atoms with Crippen molar-refractivity contribution in [3.05, 3.63) is 30.3 Å². The van der Waals surface area contributed by atoms with Gasteiger partial charge in [0.2, 0.25) is 0 Å². The molecule has 0 amide bonds. The molecule has 0 radical (unpaired) electrons. The minimum absolute atomic E-state index is 0.133. The number of hydrogen-bond donors (Lipinski definition) is 0. The summed E-state index contributed by atoms with van der Waals surface area (Å²) in [6.07, 6.45) is 1.72. The number of ketones is 1. The average Bonchev–Trinajstić information content (AvgIpc) is 2.29. The Balaban J connectivity index is 2.31. The third kappa shape index (κ3) is 5.04. The van der Waals surface area contributed by atoms with Crippen LogP contribution in [0.5, 0.6) is 0 Å². The molecule has 0 spiro atoms. The van der Waals surface area contributed by atoms with Gasteiger partial charge in [0.15, 0.2) is 0 Å². The number of rotatable bonds is 7. The van der Waals surface area contributed by atoms with Crippen molar-refractivity contribution in [2.24, 2.45) is 5.92 Å². The van der Waals surface area contributed by atoms with Gasteiger partial charge in [0, 0.05) is 16.7 Å². The number of carbonyl (C=O) groups is 1. The number of benzene rings is 1. The van der Waals surface area contributed by atoms with E-state index >= 15 is 0 Å². The van der Waals surface area contributed by atoms with Crippen LogP contribution in [-0.4, -0.2) is 17.4 Å². The summed E-state index contributed by atoms with van der Waals surface area (Å²) in [4.78, 5) is 12.6. The molecule has 0 aliphatic carbocycles. The molecule has 0 aliphatic rings. The van der Waals surface area contributed by atoms with E-state index < -0.39 is 0 Å². The first kappa shape index (κ1) is 13.6. The summed E-state index contributed by atoms with van der Waals surface area (Å²) in [5.41, 5.74) is 0. The van der Waals surface area contributed by atoms with Gasteiger partial charge in [-0.2, -0.15) is 0 Å². The highest BCUT2D eigenvalue weighted by Crippen LogP contribution is 2.21. The lowest BCUT2D eigenvalue weighted by molar-refractivity contribution is -0.120. The van der Waals surface area contributed by atoms with Crippen LogP contribution in [0.1, 0.15) is 19.8 Å². The Hall–Kier alpha value is -0.470. The van der Waals surface area contributed by atoms with E-state index in [1.54, 1.807) is 18.7 Å². The minimum Gasteiger partial charge on any atom is -0.300 e. The average molecular weight is 257 g/mol. The highest BCUT2D eigenvalue weighted by molar-refractivity contribution is 7.99. The predicted octanol–water partition coefficient (Wildman–Crippen LogP) is 4.00. The van der Waals surface area contributed by atoms with Crippen LogP contribution in [0.2, 0.25) is 0 Å². The monoisotopic (exact) mass is 256 g/mol. The Morgan fingerprint density at radius 2 is 2.00 bits per heavy atom. The van der Waals surface area contributed by atoms with Crippen molar-refractivity contribution in [1.29, 1.82) is 0 Å². The van der Waals surface area contributed by atoms with Gasteiger partial charge in [-0.3, -0.25) is 4.79 Å². The van der Waals surface area contributed by atoms with Crippen molar-refractivity contribution in [1.82, 2.24) is 0 Å². The summed E-state index contributed by atoms with van der Waals surface area (Å²) in [6.45, 7) is 1.66. The highest BCUT2D eigenvalue weighted by atomic mass is 35.5. The second kappa shape index (κ2) is 7.75. The lowest BCUT2D eigenvalue weighted by Crippen LogP contribution is -2.12. The molecule has 0 saturated heterocycles. The molecule has 0 N–H and O–H groups in total. The van der Waals surface area contributed by atoms with Crippen molar-refractivity contribution in [2.45, 2.75) is 24.7 Å². The lowest BCUT2D eigenvalue weighted by Gasteiger charge is -2.11. The van der Waals surface area contributed by atoms with E-state index in [1.165, 1.54) is 4.90 Å². The van der Waals surface area contributed by atoms with Crippen molar-refractivity contribution in [3.63, 3.8) is 0 Å². The number of Topliss-reactive ketones (excluding diaryl/α,β-unsaturated/α-hetero) is 1. The molecular weight excluding hydrogens is 240 g/mol. The molecule has 1 nitrogen and oxygen atoms in total.